The highest BCUT2D eigenvalue weighted by Gasteiger charge is 2.30. The minimum absolute atomic E-state index is 0.0223. The number of nitrogens with zero attached hydrogens (tertiary/aromatic N) is 4. The Bertz CT molecular complexity index is 1080. The van der Waals surface area contributed by atoms with Crippen LogP contribution in [0.4, 0.5) is 0 Å². The molecule has 0 spiro atoms. The number of hydrogen-bond donors (Lipinski definition) is 0. The first kappa shape index (κ1) is 23.0. The molecule has 33 heavy (non-hydrogen) atoms. The maximum atomic E-state index is 13.1. The second kappa shape index (κ2) is 10.2. The molecule has 1 fully saturated rings. The van der Waals surface area contributed by atoms with Gasteiger partial charge in [0.05, 0.1) is 13.2 Å². The zero-order chi connectivity index (χ0) is 23.4. The van der Waals surface area contributed by atoms with E-state index < -0.39 is 0 Å². The molecule has 0 aliphatic carbocycles. The summed E-state index contributed by atoms with van der Waals surface area (Å²) < 4.78 is 13.0. The molecule has 1 aliphatic rings. The monoisotopic (exact) mass is 448 g/mol. The van der Waals surface area contributed by atoms with Gasteiger partial charge in [0.15, 0.2) is 0 Å². The number of carbonyl (C=O) groups is 1. The topological polar surface area (TPSA) is 69.5 Å². The van der Waals surface area contributed by atoms with Gasteiger partial charge in [0.1, 0.15) is 23.9 Å². The van der Waals surface area contributed by atoms with Crippen LogP contribution in [0.5, 0.6) is 5.75 Å². The van der Waals surface area contributed by atoms with Crippen molar-refractivity contribution < 1.29 is 14.3 Å². The van der Waals surface area contributed by atoms with Crippen molar-refractivity contribution in [2.45, 2.75) is 52.3 Å². The normalized spacial score (nSPS) is 18.2. The first-order valence-corrected chi connectivity index (χ1v) is 11.5. The fourth-order valence-corrected chi connectivity index (χ4v) is 4.54. The van der Waals surface area contributed by atoms with Crippen LogP contribution in [0, 0.1) is 13.8 Å². The molecule has 0 unspecified atom stereocenters. The Hall–Kier alpha value is -3.19. The number of rotatable bonds is 7. The average Bonchev–Trinajstić information content (AvgIpc) is 3.16. The summed E-state index contributed by atoms with van der Waals surface area (Å²) in [6.45, 7) is 7.28. The van der Waals surface area contributed by atoms with Crippen molar-refractivity contribution in [3.05, 3.63) is 65.7 Å². The summed E-state index contributed by atoms with van der Waals surface area (Å²) in [5.41, 5.74) is 3.44. The molecule has 1 aromatic heterocycles. The van der Waals surface area contributed by atoms with Gasteiger partial charge in [0, 0.05) is 19.2 Å². The van der Waals surface area contributed by atoms with Crippen LogP contribution in [-0.2, 0) is 16.1 Å². The van der Waals surface area contributed by atoms with Crippen molar-refractivity contribution in [3.63, 3.8) is 0 Å². The number of likely N-dealkylation sites (N-methyl/N-ethyl adjacent to an activating group) is 1. The van der Waals surface area contributed by atoms with E-state index >= 15 is 0 Å². The third-order valence-corrected chi connectivity index (χ3v) is 6.31. The smallest absolute Gasteiger partial charge is 0.244 e. The summed E-state index contributed by atoms with van der Waals surface area (Å²) in [7, 11) is 1.67. The molecule has 2 heterocycles. The minimum atomic E-state index is -0.0223. The number of carbonyl (C=O) groups excluding carboxylic acids is 1. The van der Waals surface area contributed by atoms with Crippen LogP contribution >= 0.6 is 0 Å². The molecule has 1 aliphatic heterocycles. The van der Waals surface area contributed by atoms with E-state index in [0.29, 0.717) is 19.0 Å². The summed E-state index contributed by atoms with van der Waals surface area (Å²) in [6, 6.07) is 16.7. The van der Waals surface area contributed by atoms with E-state index in [4.69, 9.17) is 9.47 Å². The number of aromatic nitrogens is 3. The number of aryl methyl sites for hydroxylation is 2. The van der Waals surface area contributed by atoms with Crippen LogP contribution in [0.2, 0.25) is 0 Å². The molecule has 7 nitrogen and oxygen atoms in total. The standard InChI is InChI=1S/C26H32N4O3/c1-5-29(26(31)17-30-19(3)27-18(2)28-30)23-14-15-33-25(16-23)22-8-6-20(7-9-22)21-10-12-24(32-4)13-11-21/h6-13,23,25H,5,14-17H2,1-4H3/t23-,25+/m0/s1. The number of methoxy groups -OCH3 is 1. The van der Waals surface area contributed by atoms with E-state index in [-0.39, 0.29) is 24.6 Å². The minimum Gasteiger partial charge on any atom is -0.497 e. The Morgan fingerprint density at radius 1 is 1.12 bits per heavy atom. The zero-order valence-electron chi connectivity index (χ0n) is 19.8. The van der Waals surface area contributed by atoms with Gasteiger partial charge in [0.2, 0.25) is 5.91 Å². The lowest BCUT2D eigenvalue weighted by Crippen LogP contribution is -2.45. The van der Waals surface area contributed by atoms with Crippen molar-refractivity contribution in [2.24, 2.45) is 0 Å². The fraction of sp³-hybridized carbons (Fsp3) is 0.423. The molecule has 0 bridgehead atoms. The number of amides is 1. The van der Waals surface area contributed by atoms with Crippen molar-refractivity contribution in [2.75, 3.05) is 20.3 Å². The quantitative estimate of drug-likeness (QED) is 0.538. The van der Waals surface area contributed by atoms with Gasteiger partial charge in [-0.1, -0.05) is 36.4 Å². The average molecular weight is 449 g/mol. The predicted molar refractivity (Wildman–Crippen MR) is 127 cm³/mol. The molecule has 0 radical (unpaired) electrons. The van der Waals surface area contributed by atoms with Crippen LogP contribution in [0.3, 0.4) is 0 Å². The lowest BCUT2D eigenvalue weighted by Gasteiger charge is -2.37. The Morgan fingerprint density at radius 2 is 1.79 bits per heavy atom. The van der Waals surface area contributed by atoms with Crippen molar-refractivity contribution in [1.82, 2.24) is 19.7 Å². The molecular weight excluding hydrogens is 416 g/mol. The van der Waals surface area contributed by atoms with Crippen LogP contribution in [0.25, 0.3) is 11.1 Å². The SMILES string of the molecule is CCN(C(=O)Cn1nc(C)nc1C)[C@H]1CCO[C@@H](c2ccc(-c3ccc(OC)cc3)cc2)C1. The van der Waals surface area contributed by atoms with Crippen molar-refractivity contribution >= 4 is 5.91 Å². The van der Waals surface area contributed by atoms with Gasteiger partial charge in [0.25, 0.3) is 0 Å². The number of benzene rings is 2. The highest BCUT2D eigenvalue weighted by Crippen LogP contribution is 2.32. The molecular formula is C26H32N4O3. The first-order chi connectivity index (χ1) is 16.0. The molecule has 7 heteroatoms. The molecule has 0 saturated carbocycles. The van der Waals surface area contributed by atoms with E-state index in [9.17, 15) is 4.79 Å². The molecule has 174 valence electrons. The molecule has 2 atom stereocenters. The van der Waals surface area contributed by atoms with Gasteiger partial charge in [-0.05, 0) is 62.4 Å². The van der Waals surface area contributed by atoms with E-state index in [1.165, 1.54) is 0 Å². The second-order valence-corrected chi connectivity index (χ2v) is 8.43. The van der Waals surface area contributed by atoms with Gasteiger partial charge in [-0.15, -0.1) is 0 Å². The van der Waals surface area contributed by atoms with E-state index in [2.05, 4.69) is 46.5 Å². The third-order valence-electron chi connectivity index (χ3n) is 6.31. The van der Waals surface area contributed by atoms with Crippen LogP contribution in [0.15, 0.2) is 48.5 Å². The van der Waals surface area contributed by atoms with Crippen molar-refractivity contribution in [1.29, 1.82) is 0 Å². The van der Waals surface area contributed by atoms with Crippen LogP contribution < -0.4 is 4.74 Å². The molecule has 2 aromatic carbocycles. The van der Waals surface area contributed by atoms with Crippen molar-refractivity contribution in [3.8, 4) is 16.9 Å². The van der Waals surface area contributed by atoms with Gasteiger partial charge in [-0.2, -0.15) is 5.10 Å². The third kappa shape index (κ3) is 5.25. The lowest BCUT2D eigenvalue weighted by molar-refractivity contribution is -0.137. The summed E-state index contributed by atoms with van der Waals surface area (Å²) >= 11 is 0. The Labute approximate surface area is 195 Å². The molecule has 3 aromatic rings. The highest BCUT2D eigenvalue weighted by molar-refractivity contribution is 5.76. The zero-order valence-corrected chi connectivity index (χ0v) is 19.8. The number of hydrogen-bond acceptors (Lipinski definition) is 5. The molecule has 4 rings (SSSR count). The second-order valence-electron chi connectivity index (χ2n) is 8.43. The van der Waals surface area contributed by atoms with Gasteiger partial charge < -0.3 is 14.4 Å². The molecule has 1 saturated heterocycles. The Kier molecular flexibility index (Phi) is 7.08. The van der Waals surface area contributed by atoms with E-state index in [0.717, 1.165) is 41.1 Å². The van der Waals surface area contributed by atoms with E-state index in [1.807, 2.05) is 37.8 Å². The van der Waals surface area contributed by atoms with Gasteiger partial charge >= 0.3 is 0 Å². The number of ether oxygens (including phenoxy) is 2. The largest absolute Gasteiger partial charge is 0.497 e. The van der Waals surface area contributed by atoms with Crippen LogP contribution in [0.1, 0.15) is 43.1 Å². The molecule has 1 amide bonds. The lowest BCUT2D eigenvalue weighted by atomic mass is 9.94. The molecule has 0 N–H and O–H groups in total. The Balaban J connectivity index is 1.43. The maximum Gasteiger partial charge on any atom is 0.244 e. The van der Waals surface area contributed by atoms with Crippen LogP contribution in [-0.4, -0.2) is 51.9 Å². The summed E-state index contributed by atoms with van der Waals surface area (Å²) in [5, 5.41) is 4.34. The summed E-state index contributed by atoms with van der Waals surface area (Å²) in [5.74, 6) is 2.37. The first-order valence-electron chi connectivity index (χ1n) is 11.5. The highest BCUT2D eigenvalue weighted by atomic mass is 16.5. The summed E-state index contributed by atoms with van der Waals surface area (Å²) in [6.07, 6.45) is 1.61. The van der Waals surface area contributed by atoms with Gasteiger partial charge in [-0.25, -0.2) is 9.67 Å². The maximum absolute atomic E-state index is 13.1. The summed E-state index contributed by atoms with van der Waals surface area (Å²) in [4.78, 5) is 19.4. The Morgan fingerprint density at radius 3 is 2.36 bits per heavy atom. The van der Waals surface area contributed by atoms with Gasteiger partial charge in [-0.3, -0.25) is 4.79 Å². The van der Waals surface area contributed by atoms with E-state index in [1.54, 1.807) is 11.8 Å². The predicted octanol–water partition coefficient (Wildman–Crippen LogP) is 4.34. The fourth-order valence-electron chi connectivity index (χ4n) is 4.54.